The Labute approximate surface area is 161 Å². The van der Waals surface area contributed by atoms with Gasteiger partial charge in [-0.05, 0) is 48.2 Å². The summed E-state index contributed by atoms with van der Waals surface area (Å²) in [5.74, 6) is -1.28. The van der Waals surface area contributed by atoms with Crippen LogP contribution in [0.25, 0.3) is 11.1 Å². The smallest absolute Gasteiger partial charge is 0.269 e. The molecular formula is C19H21ClFN3OS. The van der Waals surface area contributed by atoms with E-state index in [-0.39, 0.29) is 10.6 Å². The lowest BCUT2D eigenvalue weighted by Gasteiger charge is -2.21. The van der Waals surface area contributed by atoms with Gasteiger partial charge in [0, 0.05) is 10.9 Å². The van der Waals surface area contributed by atoms with Gasteiger partial charge in [-0.1, -0.05) is 54.9 Å². The van der Waals surface area contributed by atoms with Crippen LogP contribution in [0.5, 0.6) is 0 Å². The molecule has 0 saturated heterocycles. The van der Waals surface area contributed by atoms with E-state index in [9.17, 15) is 9.18 Å². The van der Waals surface area contributed by atoms with Crippen molar-refractivity contribution in [2.24, 2.45) is 0 Å². The van der Waals surface area contributed by atoms with E-state index in [1.807, 2.05) is 0 Å². The number of hydrogen-bond acceptors (Lipinski definition) is 4. The fraction of sp³-hybridized carbons (Fsp3) is 0.316. The van der Waals surface area contributed by atoms with Gasteiger partial charge in [-0.15, -0.1) is 0 Å². The van der Waals surface area contributed by atoms with Gasteiger partial charge >= 0.3 is 0 Å². The third-order valence-electron chi connectivity index (χ3n) is 4.46. The van der Waals surface area contributed by atoms with E-state index >= 15 is 0 Å². The van der Waals surface area contributed by atoms with E-state index in [0.29, 0.717) is 16.5 Å². The van der Waals surface area contributed by atoms with Crippen LogP contribution in [0.4, 0.5) is 10.1 Å². The van der Waals surface area contributed by atoms with Crippen LogP contribution in [0.15, 0.2) is 36.4 Å². The minimum atomic E-state index is -0.729. The fourth-order valence-electron chi connectivity index (χ4n) is 3.01. The second-order valence-corrected chi connectivity index (χ2v) is 7.89. The number of nitrogens with one attached hydrogen (secondary N) is 2. The molecule has 1 saturated carbocycles. The van der Waals surface area contributed by atoms with E-state index in [2.05, 4.69) is 10.3 Å². The fourth-order valence-corrected chi connectivity index (χ4v) is 4.11. The van der Waals surface area contributed by atoms with Crippen molar-refractivity contribution in [1.29, 1.82) is 0 Å². The maximum Gasteiger partial charge on any atom is 0.269 e. The zero-order valence-corrected chi connectivity index (χ0v) is 15.8. The summed E-state index contributed by atoms with van der Waals surface area (Å²) in [7, 11) is 0. The summed E-state index contributed by atoms with van der Waals surface area (Å²) in [6, 6.07) is 10.1. The summed E-state index contributed by atoms with van der Waals surface area (Å²) in [4.78, 5) is 15.2. The van der Waals surface area contributed by atoms with Crippen molar-refractivity contribution in [2.75, 3.05) is 5.73 Å². The molecule has 3 rings (SSSR count). The third-order valence-corrected chi connectivity index (χ3v) is 5.76. The molecule has 1 aliphatic rings. The molecule has 4 nitrogen and oxygen atoms in total. The molecule has 138 valence electrons. The van der Waals surface area contributed by atoms with Crippen LogP contribution in [0.2, 0.25) is 5.02 Å². The number of anilines is 1. The molecule has 1 amide bonds. The van der Waals surface area contributed by atoms with Gasteiger partial charge in [0.2, 0.25) is 0 Å². The van der Waals surface area contributed by atoms with Crippen LogP contribution in [0.3, 0.4) is 0 Å². The third kappa shape index (κ3) is 4.69. The number of benzene rings is 2. The Hall–Kier alpha value is -1.76. The topological polar surface area (TPSA) is 67.2 Å². The lowest BCUT2D eigenvalue weighted by molar-refractivity contribution is 0.0943. The van der Waals surface area contributed by atoms with Crippen molar-refractivity contribution < 1.29 is 9.18 Å². The Morgan fingerprint density at radius 2 is 1.81 bits per heavy atom. The molecule has 0 spiro atoms. The van der Waals surface area contributed by atoms with Crippen LogP contribution in [0, 0.1) is 5.82 Å². The lowest BCUT2D eigenvalue weighted by Crippen LogP contribution is -2.35. The van der Waals surface area contributed by atoms with Gasteiger partial charge in [0.15, 0.2) is 5.82 Å². The average Bonchev–Trinajstić information content (AvgIpc) is 2.65. The largest absolute Gasteiger partial charge is 0.399 e. The summed E-state index contributed by atoms with van der Waals surface area (Å²) >= 11 is 7.48. The Bertz CT molecular complexity index is 779. The van der Waals surface area contributed by atoms with Crippen LogP contribution in [0.1, 0.15) is 42.5 Å². The Balaban J connectivity index is 1.71. The number of carbonyl (C=O) groups excluding carboxylic acids is 1. The van der Waals surface area contributed by atoms with Crippen molar-refractivity contribution in [3.05, 3.63) is 52.8 Å². The molecule has 1 aliphatic carbocycles. The Kier molecular flexibility index (Phi) is 6.40. The van der Waals surface area contributed by atoms with Crippen molar-refractivity contribution in [3.63, 3.8) is 0 Å². The van der Waals surface area contributed by atoms with Gasteiger partial charge in [-0.25, -0.2) is 4.39 Å². The van der Waals surface area contributed by atoms with Crippen LogP contribution in [-0.4, -0.2) is 11.2 Å². The SMILES string of the molecule is Nc1ccc(-c2cc(Cl)c(F)c(C(=O)NNSC3CCCCC3)c2)cc1. The predicted octanol–water partition coefficient (Wildman–Crippen LogP) is 4.94. The lowest BCUT2D eigenvalue weighted by atomic mass is 10.0. The number of halogens is 2. The summed E-state index contributed by atoms with van der Waals surface area (Å²) in [6.07, 6.45) is 5.94. The zero-order chi connectivity index (χ0) is 18.5. The first-order valence-corrected chi connectivity index (χ1v) is 9.86. The molecule has 0 aliphatic heterocycles. The van der Waals surface area contributed by atoms with E-state index in [1.165, 1.54) is 43.3 Å². The minimum absolute atomic E-state index is 0.0931. The van der Waals surface area contributed by atoms with Crippen molar-refractivity contribution in [2.45, 2.75) is 37.4 Å². The first-order chi connectivity index (χ1) is 12.5. The molecule has 0 bridgehead atoms. The summed E-state index contributed by atoms with van der Waals surface area (Å²) in [6.45, 7) is 0. The number of amides is 1. The average molecular weight is 394 g/mol. The second-order valence-electron chi connectivity index (χ2n) is 6.38. The maximum atomic E-state index is 14.3. The highest BCUT2D eigenvalue weighted by Gasteiger charge is 2.18. The molecular weight excluding hydrogens is 373 g/mol. The van der Waals surface area contributed by atoms with Gasteiger partial charge in [-0.3, -0.25) is 10.2 Å². The number of nitrogens with two attached hydrogens (primary N) is 1. The Morgan fingerprint density at radius 1 is 1.12 bits per heavy atom. The number of rotatable bonds is 5. The van der Waals surface area contributed by atoms with Gasteiger partial charge in [0.25, 0.3) is 5.91 Å². The standard InChI is InChI=1S/C19H21ClFN3OS/c20-17-11-13(12-6-8-14(22)9-7-12)10-16(18(17)21)19(25)23-24-26-15-4-2-1-3-5-15/h6-11,15,24H,1-5,22H2,(H,23,25). The highest BCUT2D eigenvalue weighted by atomic mass is 35.5. The van der Waals surface area contributed by atoms with Gasteiger partial charge in [-0.2, -0.15) is 4.83 Å². The molecule has 1 fully saturated rings. The van der Waals surface area contributed by atoms with E-state index < -0.39 is 11.7 Å². The van der Waals surface area contributed by atoms with Gasteiger partial charge < -0.3 is 5.73 Å². The summed E-state index contributed by atoms with van der Waals surface area (Å²) in [5, 5.41) is 0.378. The Morgan fingerprint density at radius 3 is 2.50 bits per heavy atom. The molecule has 0 unspecified atom stereocenters. The second kappa shape index (κ2) is 8.75. The number of nitrogen functional groups attached to an aromatic ring is 1. The molecule has 0 aromatic heterocycles. The van der Waals surface area contributed by atoms with E-state index in [1.54, 1.807) is 24.3 Å². The molecule has 7 heteroatoms. The normalized spacial score (nSPS) is 15.0. The first-order valence-electron chi connectivity index (χ1n) is 8.60. The van der Waals surface area contributed by atoms with Crippen molar-refractivity contribution >= 4 is 35.1 Å². The summed E-state index contributed by atoms with van der Waals surface area (Å²) < 4.78 is 14.3. The number of carbonyl (C=O) groups is 1. The van der Waals surface area contributed by atoms with Crippen LogP contribution >= 0.6 is 23.5 Å². The number of hydrogen-bond donors (Lipinski definition) is 3. The van der Waals surface area contributed by atoms with Crippen molar-refractivity contribution in [1.82, 2.24) is 10.3 Å². The quantitative estimate of drug-likeness (QED) is 0.382. The van der Waals surface area contributed by atoms with Crippen LogP contribution < -0.4 is 16.0 Å². The first kappa shape index (κ1) is 19.0. The van der Waals surface area contributed by atoms with Crippen molar-refractivity contribution in [3.8, 4) is 11.1 Å². The molecule has 26 heavy (non-hydrogen) atoms. The van der Waals surface area contributed by atoms with Crippen LogP contribution in [-0.2, 0) is 0 Å². The highest BCUT2D eigenvalue weighted by molar-refractivity contribution is 7.98. The minimum Gasteiger partial charge on any atom is -0.399 e. The summed E-state index contributed by atoms with van der Waals surface area (Å²) in [5.41, 5.74) is 10.2. The van der Waals surface area contributed by atoms with E-state index in [4.69, 9.17) is 17.3 Å². The zero-order valence-electron chi connectivity index (χ0n) is 14.2. The maximum absolute atomic E-state index is 14.3. The molecule has 2 aromatic carbocycles. The molecule has 0 radical (unpaired) electrons. The number of hydrazine groups is 1. The molecule has 0 heterocycles. The molecule has 0 atom stereocenters. The van der Waals surface area contributed by atoms with Gasteiger partial charge in [0.05, 0.1) is 10.6 Å². The van der Waals surface area contributed by atoms with E-state index in [0.717, 1.165) is 18.4 Å². The molecule has 2 aromatic rings. The molecule has 4 N–H and O–H groups in total. The predicted molar refractivity (Wildman–Crippen MR) is 106 cm³/mol. The highest BCUT2D eigenvalue weighted by Crippen LogP contribution is 2.29. The monoisotopic (exact) mass is 393 g/mol. The van der Waals surface area contributed by atoms with Gasteiger partial charge in [0.1, 0.15) is 0 Å².